The van der Waals surface area contributed by atoms with Gasteiger partial charge in [-0.1, -0.05) is 6.07 Å². The molecule has 1 aromatic rings. The number of hydrogen-bond donors (Lipinski definition) is 1. The molecule has 0 bridgehead atoms. The Morgan fingerprint density at radius 1 is 1.36 bits per heavy atom. The molecule has 3 rings (SSSR count). The number of esters is 1. The number of methoxy groups -OCH3 is 1. The molecule has 2 aliphatic heterocycles. The van der Waals surface area contributed by atoms with Crippen LogP contribution in [0.4, 0.5) is 4.79 Å². The molecule has 22 heavy (non-hydrogen) atoms. The molecule has 116 valence electrons. The van der Waals surface area contributed by atoms with E-state index in [1.165, 1.54) is 7.11 Å². The van der Waals surface area contributed by atoms with Crippen molar-refractivity contribution < 1.29 is 28.6 Å². The van der Waals surface area contributed by atoms with Crippen molar-refractivity contribution in [2.75, 3.05) is 20.4 Å². The van der Waals surface area contributed by atoms with Crippen molar-refractivity contribution in [3.05, 3.63) is 23.8 Å². The summed E-state index contributed by atoms with van der Waals surface area (Å²) < 4.78 is 15.0. The minimum absolute atomic E-state index is 0.115. The van der Waals surface area contributed by atoms with E-state index in [1.54, 1.807) is 25.1 Å². The number of imide groups is 1. The number of nitrogens with zero attached hydrogens (tertiary/aromatic N) is 1. The zero-order valence-electron chi connectivity index (χ0n) is 12.0. The van der Waals surface area contributed by atoms with Crippen LogP contribution in [0, 0.1) is 0 Å². The van der Waals surface area contributed by atoms with Gasteiger partial charge >= 0.3 is 12.0 Å². The van der Waals surface area contributed by atoms with E-state index in [9.17, 15) is 14.4 Å². The highest BCUT2D eigenvalue weighted by Gasteiger charge is 2.50. The van der Waals surface area contributed by atoms with E-state index in [1.807, 2.05) is 0 Å². The van der Waals surface area contributed by atoms with Crippen LogP contribution < -0.4 is 14.8 Å². The molecule has 1 N–H and O–H groups in total. The fourth-order valence-corrected chi connectivity index (χ4v) is 2.44. The second kappa shape index (κ2) is 4.90. The van der Waals surface area contributed by atoms with E-state index in [0.717, 1.165) is 4.90 Å². The topological polar surface area (TPSA) is 94.2 Å². The summed E-state index contributed by atoms with van der Waals surface area (Å²) in [6, 6.07) is 4.34. The average molecular weight is 306 g/mol. The number of rotatable bonds is 3. The first kappa shape index (κ1) is 14.2. The van der Waals surface area contributed by atoms with Gasteiger partial charge in [-0.2, -0.15) is 0 Å². The van der Waals surface area contributed by atoms with Crippen LogP contribution in [-0.4, -0.2) is 43.3 Å². The van der Waals surface area contributed by atoms with Crippen LogP contribution >= 0.6 is 0 Å². The molecule has 8 nitrogen and oxygen atoms in total. The van der Waals surface area contributed by atoms with Crippen molar-refractivity contribution in [3.63, 3.8) is 0 Å². The van der Waals surface area contributed by atoms with Gasteiger partial charge in [0, 0.05) is 0 Å². The van der Waals surface area contributed by atoms with Crippen molar-refractivity contribution in [3.8, 4) is 11.5 Å². The molecule has 1 saturated heterocycles. The summed E-state index contributed by atoms with van der Waals surface area (Å²) in [6.07, 6.45) is 0. The third-order valence-electron chi connectivity index (χ3n) is 3.74. The summed E-state index contributed by atoms with van der Waals surface area (Å²) >= 11 is 0. The summed E-state index contributed by atoms with van der Waals surface area (Å²) in [6.45, 7) is 1.26. The number of amides is 3. The first-order valence-electron chi connectivity index (χ1n) is 6.57. The maximum Gasteiger partial charge on any atom is 0.325 e. The van der Waals surface area contributed by atoms with Crippen LogP contribution in [-0.2, 0) is 19.9 Å². The van der Waals surface area contributed by atoms with Crippen LogP contribution in [0.5, 0.6) is 11.5 Å². The number of hydrogen-bond acceptors (Lipinski definition) is 6. The van der Waals surface area contributed by atoms with Crippen molar-refractivity contribution in [1.82, 2.24) is 10.2 Å². The number of nitrogens with one attached hydrogen (secondary N) is 1. The van der Waals surface area contributed by atoms with Gasteiger partial charge in [0.05, 0.1) is 7.11 Å². The Kier molecular flexibility index (Phi) is 3.16. The van der Waals surface area contributed by atoms with Crippen molar-refractivity contribution in [2.45, 2.75) is 12.5 Å². The van der Waals surface area contributed by atoms with E-state index >= 15 is 0 Å². The number of urea groups is 1. The van der Waals surface area contributed by atoms with Crippen molar-refractivity contribution in [2.24, 2.45) is 0 Å². The summed E-state index contributed by atoms with van der Waals surface area (Å²) in [5.74, 6) is -0.108. The van der Waals surface area contributed by atoms with Gasteiger partial charge in [-0.25, -0.2) is 4.79 Å². The van der Waals surface area contributed by atoms with E-state index in [4.69, 9.17) is 9.47 Å². The molecule has 0 aliphatic carbocycles. The highest BCUT2D eigenvalue weighted by Crippen LogP contribution is 2.37. The molecule has 2 aliphatic rings. The van der Waals surface area contributed by atoms with E-state index in [-0.39, 0.29) is 6.79 Å². The van der Waals surface area contributed by atoms with Gasteiger partial charge in [-0.15, -0.1) is 0 Å². The summed E-state index contributed by atoms with van der Waals surface area (Å²) in [5, 5.41) is 2.60. The fourth-order valence-electron chi connectivity index (χ4n) is 2.44. The predicted molar refractivity (Wildman–Crippen MR) is 72.2 cm³/mol. The molecule has 0 saturated carbocycles. The van der Waals surface area contributed by atoms with Crippen LogP contribution in [0.2, 0.25) is 0 Å². The smallest absolute Gasteiger partial charge is 0.325 e. The molecule has 3 amide bonds. The highest BCUT2D eigenvalue weighted by atomic mass is 16.7. The van der Waals surface area contributed by atoms with Gasteiger partial charge in [0.25, 0.3) is 5.91 Å². The Balaban J connectivity index is 1.91. The quantitative estimate of drug-likeness (QED) is 0.640. The second-order valence-corrected chi connectivity index (χ2v) is 5.09. The lowest BCUT2D eigenvalue weighted by Crippen LogP contribution is -2.41. The van der Waals surface area contributed by atoms with E-state index < -0.39 is 30.0 Å². The molecular formula is C14H14N2O6. The van der Waals surface area contributed by atoms with E-state index in [0.29, 0.717) is 17.1 Å². The largest absolute Gasteiger partial charge is 0.468 e. The second-order valence-electron chi connectivity index (χ2n) is 5.09. The first-order valence-corrected chi connectivity index (χ1v) is 6.57. The average Bonchev–Trinajstić information content (AvgIpc) is 3.05. The Morgan fingerprint density at radius 3 is 2.82 bits per heavy atom. The Morgan fingerprint density at radius 2 is 2.09 bits per heavy atom. The number of ether oxygens (including phenoxy) is 3. The van der Waals surface area contributed by atoms with Gasteiger partial charge in [-0.05, 0) is 24.6 Å². The maximum absolute atomic E-state index is 12.6. The molecule has 8 heteroatoms. The summed E-state index contributed by atoms with van der Waals surface area (Å²) in [4.78, 5) is 36.7. The number of carbonyl (C=O) groups is 3. The van der Waals surface area contributed by atoms with Gasteiger partial charge in [0.2, 0.25) is 6.79 Å². The third kappa shape index (κ3) is 2.03. The van der Waals surface area contributed by atoms with Crippen LogP contribution in [0.15, 0.2) is 18.2 Å². The molecule has 2 heterocycles. The van der Waals surface area contributed by atoms with Gasteiger partial charge in [0.1, 0.15) is 12.1 Å². The predicted octanol–water partition coefficient (Wildman–Crippen LogP) is 0.355. The molecule has 0 spiro atoms. The minimum atomic E-state index is -1.27. The highest BCUT2D eigenvalue weighted by molar-refractivity contribution is 6.08. The molecule has 0 radical (unpaired) electrons. The third-order valence-corrected chi connectivity index (χ3v) is 3.74. The fraction of sp³-hybridized carbons (Fsp3) is 0.357. The lowest BCUT2D eigenvalue weighted by Gasteiger charge is -2.22. The zero-order valence-corrected chi connectivity index (χ0v) is 12.0. The summed E-state index contributed by atoms with van der Waals surface area (Å²) in [7, 11) is 1.19. The monoisotopic (exact) mass is 306 g/mol. The summed E-state index contributed by atoms with van der Waals surface area (Å²) in [5.41, 5.74) is -0.728. The molecule has 1 unspecified atom stereocenters. The van der Waals surface area contributed by atoms with E-state index in [2.05, 4.69) is 10.1 Å². The molecule has 1 aromatic carbocycles. The Labute approximate surface area is 125 Å². The minimum Gasteiger partial charge on any atom is -0.468 e. The Hall–Kier alpha value is -2.77. The van der Waals surface area contributed by atoms with Crippen LogP contribution in [0.25, 0.3) is 0 Å². The van der Waals surface area contributed by atoms with Gasteiger partial charge < -0.3 is 19.5 Å². The van der Waals surface area contributed by atoms with Crippen LogP contribution in [0.3, 0.4) is 0 Å². The van der Waals surface area contributed by atoms with Crippen LogP contribution in [0.1, 0.15) is 12.5 Å². The standard InChI is InChI=1S/C14H14N2O6/c1-14(8-3-4-9-10(5-8)22-7-21-9)12(18)16(13(19)15-14)6-11(17)20-2/h3-5H,6-7H2,1-2H3,(H,15,19). The van der Waals surface area contributed by atoms with Crippen molar-refractivity contribution >= 4 is 17.9 Å². The lowest BCUT2D eigenvalue weighted by molar-refractivity contribution is -0.145. The lowest BCUT2D eigenvalue weighted by atomic mass is 9.91. The van der Waals surface area contributed by atoms with Gasteiger partial charge in [0.15, 0.2) is 11.5 Å². The van der Waals surface area contributed by atoms with Crippen molar-refractivity contribution in [1.29, 1.82) is 0 Å². The maximum atomic E-state index is 12.6. The molecule has 0 aromatic heterocycles. The molecular weight excluding hydrogens is 292 g/mol. The Bertz CT molecular complexity index is 673. The SMILES string of the molecule is COC(=O)CN1C(=O)NC(C)(c2ccc3c(c2)OCO3)C1=O. The zero-order chi connectivity index (χ0) is 15.9. The molecule has 1 atom stereocenters. The number of fused-ring (bicyclic) bond motifs is 1. The number of carbonyl (C=O) groups excluding carboxylic acids is 3. The molecule has 1 fully saturated rings. The normalized spacial score (nSPS) is 22.7. The van der Waals surface area contributed by atoms with Gasteiger partial charge in [-0.3, -0.25) is 14.5 Å². The number of benzene rings is 1. The first-order chi connectivity index (χ1) is 10.5.